The molecular weight excluding hydrogens is 315 g/mol. The molecule has 0 bridgehead atoms. The number of likely N-dealkylation sites (N-methyl/N-ethyl adjacent to an activating group) is 1. The van der Waals surface area contributed by atoms with Crippen molar-refractivity contribution < 1.29 is 13.9 Å². The fourth-order valence-electron chi connectivity index (χ4n) is 2.62. The molecule has 1 saturated heterocycles. The largest absolute Gasteiger partial charge is 0.366 e. The first-order valence-electron chi connectivity index (χ1n) is 7.56. The Morgan fingerprint density at radius 1 is 1.35 bits per heavy atom. The van der Waals surface area contributed by atoms with Crippen LogP contribution in [0.5, 0.6) is 0 Å². The Balaban J connectivity index is 1.64. The molecule has 1 atom stereocenters. The number of hydrogen-bond acceptors (Lipinski definition) is 4. The van der Waals surface area contributed by atoms with E-state index in [-0.39, 0.29) is 11.7 Å². The van der Waals surface area contributed by atoms with Gasteiger partial charge in [-0.25, -0.2) is 4.39 Å². The summed E-state index contributed by atoms with van der Waals surface area (Å²) in [5.74, 6) is -0.299. The van der Waals surface area contributed by atoms with Crippen molar-refractivity contribution in [1.82, 2.24) is 10.2 Å². The lowest BCUT2D eigenvalue weighted by molar-refractivity contribution is -0.138. The molecule has 1 aromatic carbocycles. The van der Waals surface area contributed by atoms with Crippen molar-refractivity contribution in [3.8, 4) is 10.4 Å². The zero-order valence-electron chi connectivity index (χ0n) is 12.9. The first-order chi connectivity index (χ1) is 11.2. The highest BCUT2D eigenvalue weighted by Gasteiger charge is 2.26. The van der Waals surface area contributed by atoms with Gasteiger partial charge in [-0.05, 0) is 29.8 Å². The van der Waals surface area contributed by atoms with E-state index in [4.69, 9.17) is 4.74 Å². The van der Waals surface area contributed by atoms with Gasteiger partial charge in [0.15, 0.2) is 0 Å². The second-order valence-electron chi connectivity index (χ2n) is 5.48. The van der Waals surface area contributed by atoms with Gasteiger partial charge in [-0.2, -0.15) is 0 Å². The molecule has 2 aromatic rings. The van der Waals surface area contributed by atoms with E-state index in [0.29, 0.717) is 13.2 Å². The number of hydrogen-bond donors (Lipinski definition) is 1. The summed E-state index contributed by atoms with van der Waals surface area (Å²) in [7, 11) is 1.62. The summed E-state index contributed by atoms with van der Waals surface area (Å²) in [5.41, 5.74) is 1.02. The Morgan fingerprint density at radius 3 is 2.87 bits per heavy atom. The topological polar surface area (TPSA) is 41.6 Å². The molecule has 1 unspecified atom stereocenters. The molecular formula is C17H19FN2O2S. The molecule has 1 N–H and O–H groups in total. The van der Waals surface area contributed by atoms with Gasteiger partial charge in [-0.15, -0.1) is 11.3 Å². The van der Waals surface area contributed by atoms with Crippen molar-refractivity contribution in [2.24, 2.45) is 0 Å². The summed E-state index contributed by atoms with van der Waals surface area (Å²) >= 11 is 1.70. The number of morpholine rings is 1. The molecule has 1 aliphatic rings. The first kappa shape index (κ1) is 16.1. The Bertz CT molecular complexity index is 671. The maximum absolute atomic E-state index is 13.0. The Labute approximate surface area is 138 Å². The number of thiophene rings is 1. The third kappa shape index (κ3) is 3.96. The molecule has 3 rings (SSSR count). The highest BCUT2D eigenvalue weighted by Crippen LogP contribution is 2.29. The molecule has 1 fully saturated rings. The number of carbonyl (C=O) groups excluding carboxylic acids is 1. The summed E-state index contributed by atoms with van der Waals surface area (Å²) in [5, 5.41) is 2.63. The third-order valence-electron chi connectivity index (χ3n) is 3.86. The van der Waals surface area contributed by atoms with Crippen molar-refractivity contribution >= 4 is 17.2 Å². The third-order valence-corrected chi connectivity index (χ3v) is 4.98. The molecule has 0 radical (unpaired) electrons. The van der Waals surface area contributed by atoms with Gasteiger partial charge in [0, 0.05) is 36.4 Å². The van der Waals surface area contributed by atoms with E-state index < -0.39 is 6.10 Å². The zero-order chi connectivity index (χ0) is 16.2. The van der Waals surface area contributed by atoms with Crippen LogP contribution < -0.4 is 5.32 Å². The highest BCUT2D eigenvalue weighted by molar-refractivity contribution is 7.15. The SMILES string of the molecule is CNC(=O)C1CN(Cc2ccc(-c3ccc(F)cc3)s2)CCO1. The van der Waals surface area contributed by atoms with Crippen LogP contribution >= 0.6 is 11.3 Å². The predicted octanol–water partition coefficient (Wildman–Crippen LogP) is 2.50. The molecule has 1 aliphatic heterocycles. The van der Waals surface area contributed by atoms with Gasteiger partial charge in [-0.3, -0.25) is 9.69 Å². The van der Waals surface area contributed by atoms with E-state index in [1.807, 2.05) is 0 Å². The number of benzene rings is 1. The van der Waals surface area contributed by atoms with Crippen LogP contribution in [0.3, 0.4) is 0 Å². The van der Waals surface area contributed by atoms with Crippen molar-refractivity contribution in [3.63, 3.8) is 0 Å². The van der Waals surface area contributed by atoms with Crippen LogP contribution in [0, 0.1) is 5.82 Å². The summed E-state index contributed by atoms with van der Waals surface area (Å²) in [6, 6.07) is 10.7. The van der Waals surface area contributed by atoms with Gasteiger partial charge < -0.3 is 10.1 Å². The minimum Gasteiger partial charge on any atom is -0.366 e. The second kappa shape index (κ2) is 7.21. The molecule has 0 spiro atoms. The molecule has 0 saturated carbocycles. The van der Waals surface area contributed by atoms with Gasteiger partial charge in [0.2, 0.25) is 5.91 Å². The molecule has 1 amide bonds. The summed E-state index contributed by atoms with van der Waals surface area (Å²) < 4.78 is 18.5. The number of amides is 1. The van der Waals surface area contributed by atoms with Gasteiger partial charge in [0.1, 0.15) is 11.9 Å². The Morgan fingerprint density at radius 2 is 2.13 bits per heavy atom. The van der Waals surface area contributed by atoms with Crippen LogP contribution in [0.15, 0.2) is 36.4 Å². The van der Waals surface area contributed by atoms with E-state index in [9.17, 15) is 9.18 Å². The van der Waals surface area contributed by atoms with Crippen molar-refractivity contribution in [2.75, 3.05) is 26.7 Å². The lowest BCUT2D eigenvalue weighted by atomic mass is 10.2. The number of halogens is 1. The average Bonchev–Trinajstić information content (AvgIpc) is 3.03. The number of ether oxygens (including phenoxy) is 1. The van der Waals surface area contributed by atoms with Crippen LogP contribution in [0.1, 0.15) is 4.88 Å². The maximum atomic E-state index is 13.0. The van der Waals surface area contributed by atoms with Gasteiger partial charge in [-0.1, -0.05) is 12.1 Å². The fraction of sp³-hybridized carbons (Fsp3) is 0.353. The number of rotatable bonds is 4. The average molecular weight is 334 g/mol. The quantitative estimate of drug-likeness (QED) is 0.934. The summed E-state index contributed by atoms with van der Waals surface area (Å²) in [4.78, 5) is 16.3. The summed E-state index contributed by atoms with van der Waals surface area (Å²) in [6.45, 7) is 2.78. The van der Waals surface area contributed by atoms with Crippen LogP contribution in [0.4, 0.5) is 4.39 Å². The van der Waals surface area contributed by atoms with Crippen molar-refractivity contribution in [3.05, 3.63) is 47.1 Å². The number of carbonyl (C=O) groups is 1. The molecule has 6 heteroatoms. The molecule has 4 nitrogen and oxygen atoms in total. The molecule has 122 valence electrons. The van der Waals surface area contributed by atoms with Crippen LogP contribution in [0.2, 0.25) is 0 Å². The van der Waals surface area contributed by atoms with Gasteiger partial charge in [0.25, 0.3) is 0 Å². The lowest BCUT2D eigenvalue weighted by Crippen LogP contribution is -2.48. The predicted molar refractivity (Wildman–Crippen MR) is 88.8 cm³/mol. The standard InChI is InChI=1S/C17H19FN2O2S/c1-19-17(21)15-11-20(8-9-22-15)10-14-6-7-16(23-14)12-2-4-13(18)5-3-12/h2-7,15H,8-11H2,1H3,(H,19,21). The maximum Gasteiger partial charge on any atom is 0.250 e. The Hall–Kier alpha value is -1.76. The monoisotopic (exact) mass is 334 g/mol. The lowest BCUT2D eigenvalue weighted by Gasteiger charge is -2.31. The fourth-order valence-corrected chi connectivity index (χ4v) is 3.67. The van der Waals surface area contributed by atoms with Crippen LogP contribution in [-0.2, 0) is 16.1 Å². The molecule has 23 heavy (non-hydrogen) atoms. The minimum absolute atomic E-state index is 0.0760. The first-order valence-corrected chi connectivity index (χ1v) is 8.37. The van der Waals surface area contributed by atoms with E-state index in [1.54, 1.807) is 30.5 Å². The van der Waals surface area contributed by atoms with E-state index in [1.165, 1.54) is 17.0 Å². The Kier molecular flexibility index (Phi) is 5.05. The van der Waals surface area contributed by atoms with E-state index >= 15 is 0 Å². The van der Waals surface area contributed by atoms with Crippen molar-refractivity contribution in [1.29, 1.82) is 0 Å². The molecule has 1 aromatic heterocycles. The van der Waals surface area contributed by atoms with Crippen LogP contribution in [-0.4, -0.2) is 43.7 Å². The van der Waals surface area contributed by atoms with Crippen LogP contribution in [0.25, 0.3) is 10.4 Å². The minimum atomic E-state index is -0.398. The van der Waals surface area contributed by atoms with E-state index in [0.717, 1.165) is 23.5 Å². The molecule has 0 aliphatic carbocycles. The smallest absolute Gasteiger partial charge is 0.250 e. The second-order valence-corrected chi connectivity index (χ2v) is 6.65. The molecule has 2 heterocycles. The number of nitrogens with one attached hydrogen (secondary N) is 1. The normalized spacial score (nSPS) is 18.8. The number of nitrogens with zero attached hydrogens (tertiary/aromatic N) is 1. The van der Waals surface area contributed by atoms with Crippen molar-refractivity contribution in [2.45, 2.75) is 12.6 Å². The zero-order valence-corrected chi connectivity index (χ0v) is 13.7. The highest BCUT2D eigenvalue weighted by atomic mass is 32.1. The van der Waals surface area contributed by atoms with E-state index in [2.05, 4.69) is 22.3 Å². The van der Waals surface area contributed by atoms with Gasteiger partial charge in [0.05, 0.1) is 6.61 Å². The summed E-state index contributed by atoms with van der Waals surface area (Å²) in [6.07, 6.45) is -0.398. The van der Waals surface area contributed by atoms with Gasteiger partial charge >= 0.3 is 0 Å².